The Bertz CT molecular complexity index is 4740. The number of aryl methyl sites for hydroxylation is 3. The zero-order chi connectivity index (χ0) is 71.8. The maximum Gasteiger partial charge on any atom is 0.425 e. The fraction of sp³-hybridized carbons (Fsp3) is 0.421. The van der Waals surface area contributed by atoms with Gasteiger partial charge in [-0.1, -0.05) is 101 Å². The van der Waals surface area contributed by atoms with Gasteiger partial charge in [-0.3, -0.25) is 28.8 Å². The molecule has 556 valence electrons. The molecular formula is C76H91F3N10O14S. The summed E-state index contributed by atoms with van der Waals surface area (Å²) in [5, 5.41) is 6.15. The Morgan fingerprint density at radius 3 is 1.34 bits per heavy atom. The van der Waals surface area contributed by atoms with Crippen LogP contribution in [0.15, 0.2) is 133 Å². The first-order chi connectivity index (χ1) is 48.6. The van der Waals surface area contributed by atoms with E-state index in [-0.39, 0.29) is 99.8 Å². The van der Waals surface area contributed by atoms with Gasteiger partial charge in [0.25, 0.3) is 34.4 Å². The summed E-state index contributed by atoms with van der Waals surface area (Å²) < 4.78 is 69.4. The number of hydrogen-bond acceptors (Lipinski definition) is 19. The van der Waals surface area contributed by atoms with E-state index in [1.165, 1.54) is 45.6 Å². The second-order valence-electron chi connectivity index (χ2n) is 24.8. The molecule has 6 aromatic heterocycles. The van der Waals surface area contributed by atoms with E-state index < -0.39 is 46.0 Å². The molecule has 3 aliphatic heterocycles. The molecule has 0 spiro atoms. The molecule has 3 amide bonds. The zero-order valence-corrected chi connectivity index (χ0v) is 57.9. The van der Waals surface area contributed by atoms with E-state index >= 15 is 0 Å². The second-order valence-corrected chi connectivity index (χ2v) is 25.9. The predicted octanol–water partition coefficient (Wildman–Crippen LogP) is 12.0. The number of furan rings is 1. The number of pyridine rings is 3. The number of amides is 3. The van der Waals surface area contributed by atoms with Crippen LogP contribution >= 0.6 is 11.3 Å². The number of carbonyl (C=O) groups excluding carboxylic acids is 6. The van der Waals surface area contributed by atoms with Crippen molar-refractivity contribution >= 4 is 96.7 Å². The van der Waals surface area contributed by atoms with Crippen molar-refractivity contribution in [1.29, 1.82) is 0 Å². The minimum absolute atomic E-state index is 0. The first kappa shape index (κ1) is 79.2. The summed E-state index contributed by atoms with van der Waals surface area (Å²) >= 11 is 0.421. The molecule has 13 rings (SSSR count). The topological polar surface area (TPSA) is 255 Å². The Labute approximate surface area is 604 Å². The number of para-hydroxylation sites is 3. The van der Waals surface area contributed by atoms with E-state index in [0.29, 0.717) is 129 Å². The van der Waals surface area contributed by atoms with Crippen LogP contribution in [0.2, 0.25) is 0 Å². The van der Waals surface area contributed by atoms with Crippen LogP contribution in [0.3, 0.4) is 0 Å². The molecule has 3 aromatic carbocycles. The van der Waals surface area contributed by atoms with Gasteiger partial charge in [-0.05, 0) is 88.9 Å². The van der Waals surface area contributed by atoms with Gasteiger partial charge in [0, 0.05) is 121 Å². The molecular weight excluding hydrogens is 1370 g/mol. The Balaban J connectivity index is 0.000000195. The summed E-state index contributed by atoms with van der Waals surface area (Å²) in [7, 11) is 3.23. The van der Waals surface area contributed by atoms with Crippen molar-refractivity contribution in [2.75, 3.05) is 113 Å². The highest BCUT2D eigenvalue weighted by Crippen LogP contribution is 2.38. The van der Waals surface area contributed by atoms with Crippen molar-refractivity contribution in [1.82, 2.24) is 33.6 Å². The number of ether oxygens (including phenoxy) is 3. The Kier molecular flexibility index (Phi) is 26.4. The minimum Gasteiger partial charge on any atom is -0.462 e. The van der Waals surface area contributed by atoms with Gasteiger partial charge in [-0.15, -0.1) is 11.3 Å². The molecule has 1 saturated carbocycles. The quantitative estimate of drug-likeness (QED) is 0.0724. The van der Waals surface area contributed by atoms with Gasteiger partial charge in [0.15, 0.2) is 11.5 Å². The zero-order valence-electron chi connectivity index (χ0n) is 57.0. The number of carbonyl (C=O) groups is 6. The number of thiophene rings is 1. The number of esters is 3. The van der Waals surface area contributed by atoms with Crippen LogP contribution in [0, 0.1) is 12.8 Å². The van der Waals surface area contributed by atoms with Crippen molar-refractivity contribution in [2.24, 2.45) is 20.0 Å². The summed E-state index contributed by atoms with van der Waals surface area (Å²) in [6, 6.07) is 29.5. The molecule has 104 heavy (non-hydrogen) atoms. The number of nitrogens with zero attached hydrogens (tertiary/aromatic N) is 10. The number of halogens is 3. The number of anilines is 3. The number of aromatic nitrogens is 4. The van der Waals surface area contributed by atoms with E-state index in [1.54, 1.807) is 92.6 Å². The lowest BCUT2D eigenvalue weighted by atomic mass is 9.89. The number of hydrogen-bond donors (Lipinski definition) is 0. The van der Waals surface area contributed by atoms with Crippen LogP contribution in [0.5, 0.6) is 0 Å². The molecule has 9 heterocycles. The molecule has 0 radical (unpaired) electrons. The Hall–Kier alpha value is -10.5. The molecule has 0 N–H and O–H groups in total. The van der Waals surface area contributed by atoms with Crippen molar-refractivity contribution < 1.29 is 65.1 Å². The van der Waals surface area contributed by atoms with Gasteiger partial charge >= 0.3 is 24.1 Å². The van der Waals surface area contributed by atoms with Gasteiger partial charge in [0.2, 0.25) is 0 Å². The van der Waals surface area contributed by atoms with Crippen LogP contribution in [0.25, 0.3) is 32.7 Å². The van der Waals surface area contributed by atoms with Crippen LogP contribution < -0.4 is 31.4 Å². The van der Waals surface area contributed by atoms with E-state index in [0.717, 1.165) is 40.7 Å². The lowest BCUT2D eigenvalue weighted by Crippen LogP contribution is -2.49. The highest BCUT2D eigenvalue weighted by Gasteiger charge is 2.37. The largest absolute Gasteiger partial charge is 0.462 e. The van der Waals surface area contributed by atoms with E-state index in [1.807, 2.05) is 69.3 Å². The van der Waals surface area contributed by atoms with Crippen LogP contribution in [-0.4, -0.2) is 168 Å². The molecule has 4 fully saturated rings. The molecule has 9 aromatic rings. The second kappa shape index (κ2) is 34.6. The van der Waals surface area contributed by atoms with Gasteiger partial charge in [0.05, 0.1) is 64.6 Å². The van der Waals surface area contributed by atoms with Crippen molar-refractivity contribution in [3.63, 3.8) is 0 Å². The fourth-order valence-corrected chi connectivity index (χ4v) is 14.5. The highest BCUT2D eigenvalue weighted by molar-refractivity contribution is 7.14. The normalized spacial score (nSPS) is 14.8. The molecule has 3 saturated heterocycles. The maximum atomic E-state index is 13.9. The molecule has 28 heteroatoms. The third kappa shape index (κ3) is 16.6. The predicted molar refractivity (Wildman–Crippen MR) is 395 cm³/mol. The number of rotatable bonds is 14. The van der Waals surface area contributed by atoms with Crippen molar-refractivity contribution in [2.45, 2.75) is 94.8 Å². The summed E-state index contributed by atoms with van der Waals surface area (Å²) in [4.78, 5) is 127. The smallest absolute Gasteiger partial charge is 0.425 e. The molecule has 4 aliphatic rings. The van der Waals surface area contributed by atoms with Gasteiger partial charge < -0.3 is 66.3 Å². The van der Waals surface area contributed by atoms with Crippen molar-refractivity contribution in [3.8, 4) is 0 Å². The molecule has 0 bridgehead atoms. The highest BCUT2D eigenvalue weighted by atomic mass is 32.1. The monoisotopic (exact) mass is 1460 g/mol. The lowest BCUT2D eigenvalue weighted by molar-refractivity contribution is -0.134. The Morgan fingerprint density at radius 2 is 0.933 bits per heavy atom. The first-order valence-corrected chi connectivity index (χ1v) is 34.6. The van der Waals surface area contributed by atoms with Crippen LogP contribution in [0.1, 0.15) is 148 Å². The standard InChI is InChI=1S/C28H33N3O5.C23H22F3N3O4S.C22H24N4O5.3CH4/c1-2-35-28(34)24-25(29-14-16-30(17-15-29)26(32)23-13-8-18-36-23)21-11-6-7-12-22(21)31(27(24)33)19-20-9-4-3-5-10-20;1-3-33-22(32)18-19(14-6-4-5-7-15(14)27(2)21(18)31)28-10-12-29(13-11-28)20(30)16-8-9-17(34-16)23(24,25)26;1-4-30-22(29)18-19(15-7-5-6-8-17(15)24(3)21(18)28)25-9-11-26(12-10-25)20(27)16-13-14(2)31-23-16;;;/h6-8,11-13,18,20H,2-5,9-10,14-17,19H2,1H3;4-9H,3,10-13H2,1-2H3;5-8,13H,4,9-12H2,1-3H3;3*1H4. The molecule has 0 unspecified atom stereocenters. The van der Waals surface area contributed by atoms with Crippen LogP contribution in [-0.2, 0) is 41.0 Å². The molecule has 0 atom stereocenters. The lowest BCUT2D eigenvalue weighted by Gasteiger charge is -2.37. The van der Waals surface area contributed by atoms with Crippen molar-refractivity contribution in [3.05, 3.63) is 184 Å². The number of benzene rings is 3. The molecule has 24 nitrogen and oxygen atoms in total. The van der Waals surface area contributed by atoms with Crippen LogP contribution in [0.4, 0.5) is 30.2 Å². The fourth-order valence-electron chi connectivity index (χ4n) is 13.7. The minimum atomic E-state index is -4.49. The maximum absolute atomic E-state index is 13.9. The van der Waals surface area contributed by atoms with Gasteiger partial charge in [-0.25, -0.2) is 14.4 Å². The van der Waals surface area contributed by atoms with Gasteiger partial charge in [0.1, 0.15) is 27.3 Å². The van der Waals surface area contributed by atoms with E-state index in [9.17, 15) is 56.3 Å². The molecule has 1 aliphatic carbocycles. The van der Waals surface area contributed by atoms with E-state index in [4.69, 9.17) is 23.2 Å². The Morgan fingerprint density at radius 1 is 0.519 bits per heavy atom. The first-order valence-electron chi connectivity index (χ1n) is 33.8. The summed E-state index contributed by atoms with van der Waals surface area (Å²) in [6.45, 7) is 12.7. The number of alkyl halides is 3. The number of fused-ring (bicyclic) bond motifs is 3. The third-order valence-electron chi connectivity index (χ3n) is 18.6. The SMILES string of the molecule is C.C.C.CCOC(=O)c1c(N2CCN(C(=O)c3cc(C)on3)CC2)c2ccccc2n(C)c1=O.CCOC(=O)c1c(N2CCN(C(=O)c3ccc(C(F)(F)F)s3)CC2)c2ccccc2n(C)c1=O.CCOC(=O)c1c(N2CCN(C(=O)c3ccco3)CC2)c2ccccc2n(CC2CCCCC2)c1=O. The average molecular weight is 1460 g/mol. The van der Waals surface area contributed by atoms with Gasteiger partial charge in [-0.2, -0.15) is 13.2 Å². The number of piperazine rings is 3. The average Bonchev–Trinajstić information content (AvgIpc) is 0.818. The third-order valence-corrected chi connectivity index (χ3v) is 19.7. The summed E-state index contributed by atoms with van der Waals surface area (Å²) in [6.07, 6.45) is 2.80. The summed E-state index contributed by atoms with van der Waals surface area (Å²) in [5.41, 5.74) is 2.97. The van der Waals surface area contributed by atoms with E-state index in [2.05, 4.69) is 5.16 Å². The summed E-state index contributed by atoms with van der Waals surface area (Å²) in [5.74, 6) is -1.46.